The monoisotopic (exact) mass is 310 g/mol. The second-order valence-electron chi connectivity index (χ2n) is 4.95. The first-order valence-corrected chi connectivity index (χ1v) is 7.23. The van der Waals surface area contributed by atoms with E-state index < -0.39 is 0 Å². The SMILES string of the molecule is CC1CCCC1NCC(=O)Nc1ccc(Br)cc1. The number of carbonyl (C=O) groups is 1. The lowest BCUT2D eigenvalue weighted by Gasteiger charge is -2.16. The summed E-state index contributed by atoms with van der Waals surface area (Å²) in [6.45, 7) is 2.64. The first-order chi connectivity index (χ1) is 8.65. The zero-order valence-electron chi connectivity index (χ0n) is 10.6. The minimum Gasteiger partial charge on any atom is -0.325 e. The quantitative estimate of drug-likeness (QED) is 0.897. The molecular formula is C14H19BrN2O. The van der Waals surface area contributed by atoms with Crippen molar-refractivity contribution in [2.24, 2.45) is 5.92 Å². The number of hydrogen-bond donors (Lipinski definition) is 2. The molecule has 0 bridgehead atoms. The lowest BCUT2D eigenvalue weighted by Crippen LogP contribution is -2.37. The van der Waals surface area contributed by atoms with Crippen LogP contribution >= 0.6 is 15.9 Å². The van der Waals surface area contributed by atoms with Crippen LogP contribution in [0.1, 0.15) is 26.2 Å². The fraction of sp³-hybridized carbons (Fsp3) is 0.500. The van der Waals surface area contributed by atoms with E-state index in [0.29, 0.717) is 18.5 Å². The predicted octanol–water partition coefficient (Wildman–Crippen LogP) is 3.17. The fourth-order valence-electron chi connectivity index (χ4n) is 2.41. The largest absolute Gasteiger partial charge is 0.325 e. The van der Waals surface area contributed by atoms with E-state index in [2.05, 4.69) is 33.5 Å². The molecule has 18 heavy (non-hydrogen) atoms. The van der Waals surface area contributed by atoms with Gasteiger partial charge in [0, 0.05) is 16.2 Å². The first-order valence-electron chi connectivity index (χ1n) is 6.44. The second-order valence-corrected chi connectivity index (χ2v) is 5.87. The third kappa shape index (κ3) is 3.82. The van der Waals surface area contributed by atoms with Gasteiger partial charge in [-0.15, -0.1) is 0 Å². The van der Waals surface area contributed by atoms with Gasteiger partial charge in [-0.1, -0.05) is 29.3 Å². The van der Waals surface area contributed by atoms with Gasteiger partial charge in [-0.3, -0.25) is 4.79 Å². The van der Waals surface area contributed by atoms with Gasteiger partial charge in [-0.2, -0.15) is 0 Å². The number of amides is 1. The second kappa shape index (κ2) is 6.34. The molecule has 2 rings (SSSR count). The van der Waals surface area contributed by atoms with Crippen molar-refractivity contribution in [1.82, 2.24) is 5.32 Å². The molecule has 2 N–H and O–H groups in total. The zero-order valence-corrected chi connectivity index (χ0v) is 12.2. The Morgan fingerprint density at radius 3 is 2.67 bits per heavy atom. The molecule has 2 unspecified atom stereocenters. The number of nitrogens with one attached hydrogen (secondary N) is 2. The average Bonchev–Trinajstić information content (AvgIpc) is 2.75. The van der Waals surface area contributed by atoms with Gasteiger partial charge in [-0.05, 0) is 43.0 Å². The number of benzene rings is 1. The molecule has 3 nitrogen and oxygen atoms in total. The van der Waals surface area contributed by atoms with Crippen LogP contribution in [0.4, 0.5) is 5.69 Å². The molecule has 1 aliphatic carbocycles. The van der Waals surface area contributed by atoms with Crippen molar-refractivity contribution < 1.29 is 4.79 Å². The van der Waals surface area contributed by atoms with Crippen LogP contribution in [0.25, 0.3) is 0 Å². The summed E-state index contributed by atoms with van der Waals surface area (Å²) in [5, 5.41) is 6.23. The Bertz CT molecular complexity index is 405. The molecule has 0 saturated heterocycles. The molecule has 0 aliphatic heterocycles. The normalized spacial score (nSPS) is 23.0. The van der Waals surface area contributed by atoms with Gasteiger partial charge < -0.3 is 10.6 Å². The molecule has 0 aromatic heterocycles. The summed E-state index contributed by atoms with van der Waals surface area (Å²) < 4.78 is 1.01. The molecule has 0 radical (unpaired) electrons. The van der Waals surface area contributed by atoms with E-state index in [9.17, 15) is 4.79 Å². The number of rotatable bonds is 4. The van der Waals surface area contributed by atoms with E-state index >= 15 is 0 Å². The van der Waals surface area contributed by atoms with Crippen molar-refractivity contribution in [2.45, 2.75) is 32.2 Å². The topological polar surface area (TPSA) is 41.1 Å². The maximum absolute atomic E-state index is 11.8. The van der Waals surface area contributed by atoms with E-state index in [-0.39, 0.29) is 5.91 Å². The average molecular weight is 311 g/mol. The van der Waals surface area contributed by atoms with Crippen molar-refractivity contribution in [2.75, 3.05) is 11.9 Å². The summed E-state index contributed by atoms with van der Waals surface area (Å²) in [6.07, 6.45) is 3.73. The lowest BCUT2D eigenvalue weighted by atomic mass is 10.1. The summed E-state index contributed by atoms with van der Waals surface area (Å²) >= 11 is 3.37. The highest BCUT2D eigenvalue weighted by molar-refractivity contribution is 9.10. The van der Waals surface area contributed by atoms with Gasteiger partial charge in [0.2, 0.25) is 5.91 Å². The van der Waals surface area contributed by atoms with Crippen molar-refractivity contribution in [3.8, 4) is 0 Å². The Morgan fingerprint density at radius 2 is 2.06 bits per heavy atom. The minimum atomic E-state index is 0.0245. The van der Waals surface area contributed by atoms with Gasteiger partial charge in [-0.25, -0.2) is 0 Å². The third-order valence-electron chi connectivity index (χ3n) is 3.51. The van der Waals surface area contributed by atoms with Gasteiger partial charge in [0.15, 0.2) is 0 Å². The standard InChI is InChI=1S/C14H19BrN2O/c1-10-3-2-4-13(10)16-9-14(18)17-12-7-5-11(15)6-8-12/h5-8,10,13,16H,2-4,9H2,1H3,(H,17,18). The molecule has 1 aromatic carbocycles. The van der Waals surface area contributed by atoms with Crippen LogP contribution in [0.15, 0.2) is 28.7 Å². The molecule has 1 fully saturated rings. The lowest BCUT2D eigenvalue weighted by molar-refractivity contribution is -0.115. The van der Waals surface area contributed by atoms with Gasteiger partial charge in [0.05, 0.1) is 6.54 Å². The molecule has 1 saturated carbocycles. The van der Waals surface area contributed by atoms with Crippen LogP contribution in [-0.4, -0.2) is 18.5 Å². The summed E-state index contributed by atoms with van der Waals surface area (Å²) in [5.41, 5.74) is 0.837. The van der Waals surface area contributed by atoms with E-state index in [1.165, 1.54) is 19.3 Å². The van der Waals surface area contributed by atoms with Crippen LogP contribution in [0.3, 0.4) is 0 Å². The number of halogens is 1. The van der Waals surface area contributed by atoms with E-state index in [1.807, 2.05) is 24.3 Å². The summed E-state index contributed by atoms with van der Waals surface area (Å²) in [7, 11) is 0. The molecule has 1 amide bonds. The van der Waals surface area contributed by atoms with Gasteiger partial charge in [0.1, 0.15) is 0 Å². The van der Waals surface area contributed by atoms with Crippen molar-refractivity contribution in [1.29, 1.82) is 0 Å². The van der Waals surface area contributed by atoms with Crippen LogP contribution in [0.2, 0.25) is 0 Å². The fourth-order valence-corrected chi connectivity index (χ4v) is 2.68. The minimum absolute atomic E-state index is 0.0245. The Kier molecular flexibility index (Phi) is 4.78. The van der Waals surface area contributed by atoms with Crippen molar-refractivity contribution >= 4 is 27.5 Å². The smallest absolute Gasteiger partial charge is 0.238 e. The van der Waals surface area contributed by atoms with E-state index in [1.54, 1.807) is 0 Å². The maximum atomic E-state index is 11.8. The number of anilines is 1. The highest BCUT2D eigenvalue weighted by Gasteiger charge is 2.23. The molecular weight excluding hydrogens is 292 g/mol. The number of hydrogen-bond acceptors (Lipinski definition) is 2. The Morgan fingerprint density at radius 1 is 1.33 bits per heavy atom. The van der Waals surface area contributed by atoms with Crippen molar-refractivity contribution in [3.63, 3.8) is 0 Å². The number of carbonyl (C=O) groups excluding carboxylic acids is 1. The van der Waals surface area contributed by atoms with Crippen LogP contribution in [-0.2, 0) is 4.79 Å². The molecule has 1 aromatic rings. The maximum Gasteiger partial charge on any atom is 0.238 e. The molecule has 0 spiro atoms. The predicted molar refractivity (Wildman–Crippen MR) is 77.6 cm³/mol. The van der Waals surface area contributed by atoms with Gasteiger partial charge in [0.25, 0.3) is 0 Å². The first kappa shape index (κ1) is 13.6. The summed E-state index contributed by atoms with van der Waals surface area (Å²) in [4.78, 5) is 11.8. The summed E-state index contributed by atoms with van der Waals surface area (Å²) in [6, 6.07) is 8.12. The molecule has 0 heterocycles. The van der Waals surface area contributed by atoms with Crippen molar-refractivity contribution in [3.05, 3.63) is 28.7 Å². The summed E-state index contributed by atoms with van der Waals surface area (Å²) in [5.74, 6) is 0.710. The van der Waals surface area contributed by atoms with E-state index in [0.717, 1.165) is 10.2 Å². The van der Waals surface area contributed by atoms with Crippen LogP contribution < -0.4 is 10.6 Å². The Labute approximate surface area is 116 Å². The highest BCUT2D eigenvalue weighted by atomic mass is 79.9. The van der Waals surface area contributed by atoms with Gasteiger partial charge >= 0.3 is 0 Å². The van der Waals surface area contributed by atoms with Crippen LogP contribution in [0, 0.1) is 5.92 Å². The highest BCUT2D eigenvalue weighted by Crippen LogP contribution is 2.24. The van der Waals surface area contributed by atoms with Crippen LogP contribution in [0.5, 0.6) is 0 Å². The molecule has 4 heteroatoms. The third-order valence-corrected chi connectivity index (χ3v) is 4.04. The Balaban J connectivity index is 1.76. The molecule has 2 atom stereocenters. The Hall–Kier alpha value is -0.870. The molecule has 98 valence electrons. The zero-order chi connectivity index (χ0) is 13.0. The molecule has 1 aliphatic rings. The van der Waals surface area contributed by atoms with E-state index in [4.69, 9.17) is 0 Å².